The van der Waals surface area contributed by atoms with Crippen molar-refractivity contribution in [2.45, 2.75) is 24.9 Å². The van der Waals surface area contributed by atoms with E-state index < -0.39 is 0 Å². The van der Waals surface area contributed by atoms with Crippen LogP contribution in [0.25, 0.3) is 0 Å². The molecule has 1 aromatic heterocycles. The van der Waals surface area contributed by atoms with Crippen LogP contribution < -0.4 is 10.2 Å². The molecule has 20 heavy (non-hydrogen) atoms. The molecule has 1 aliphatic carbocycles. The Morgan fingerprint density at radius 1 is 1.55 bits per heavy atom. The van der Waals surface area contributed by atoms with E-state index in [2.05, 4.69) is 16.4 Å². The van der Waals surface area contributed by atoms with E-state index >= 15 is 0 Å². The van der Waals surface area contributed by atoms with E-state index in [0.717, 1.165) is 12.8 Å². The van der Waals surface area contributed by atoms with Crippen molar-refractivity contribution in [2.24, 2.45) is 0 Å². The number of hydrogen-bond acceptors (Lipinski definition) is 5. The Labute approximate surface area is 117 Å². The lowest BCUT2D eigenvalue weighted by Gasteiger charge is -2.36. The summed E-state index contributed by atoms with van der Waals surface area (Å²) in [6, 6.07) is 3.75. The van der Waals surface area contributed by atoms with Crippen molar-refractivity contribution in [3.8, 4) is 6.07 Å². The molecule has 0 aromatic carbocycles. The van der Waals surface area contributed by atoms with Gasteiger partial charge in [-0.1, -0.05) is 0 Å². The average Bonchev–Trinajstić information content (AvgIpc) is 3.31. The third-order valence-electron chi connectivity index (χ3n) is 3.58. The Balaban J connectivity index is 1.84. The van der Waals surface area contributed by atoms with Gasteiger partial charge in [0, 0.05) is 18.8 Å². The zero-order valence-corrected chi connectivity index (χ0v) is 11.1. The van der Waals surface area contributed by atoms with Crippen molar-refractivity contribution >= 4 is 11.6 Å². The summed E-state index contributed by atoms with van der Waals surface area (Å²) in [5.41, 5.74) is 1.24. The van der Waals surface area contributed by atoms with Crippen LogP contribution in [0.3, 0.4) is 0 Å². The molecule has 1 saturated carbocycles. The highest BCUT2D eigenvalue weighted by molar-refractivity contribution is 5.86. The molecule has 6 nitrogen and oxygen atoms in total. The minimum atomic E-state index is -0.388. The van der Waals surface area contributed by atoms with Crippen LogP contribution in [0.1, 0.15) is 18.4 Å². The second-order valence-corrected chi connectivity index (χ2v) is 5.07. The number of ether oxygens (including phenoxy) is 1. The number of morpholine rings is 1. The van der Waals surface area contributed by atoms with Gasteiger partial charge < -0.3 is 15.0 Å². The summed E-state index contributed by atoms with van der Waals surface area (Å²) in [5, 5.41) is 12.2. The van der Waals surface area contributed by atoms with Gasteiger partial charge in [0.05, 0.1) is 30.7 Å². The molecule has 1 unspecified atom stereocenters. The van der Waals surface area contributed by atoms with E-state index in [0.29, 0.717) is 37.1 Å². The number of anilines is 1. The first-order valence-corrected chi connectivity index (χ1v) is 6.78. The maximum atomic E-state index is 12.3. The van der Waals surface area contributed by atoms with Crippen molar-refractivity contribution in [1.82, 2.24) is 10.3 Å². The molecule has 3 rings (SSSR count). The SMILES string of the molecule is N#Cc1ccncc1N1CCOCC1C(=O)NC1CC1. The third-order valence-corrected chi connectivity index (χ3v) is 3.58. The summed E-state index contributed by atoms with van der Waals surface area (Å²) in [7, 11) is 0. The van der Waals surface area contributed by atoms with Gasteiger partial charge in [0.2, 0.25) is 5.91 Å². The molecule has 0 radical (unpaired) electrons. The summed E-state index contributed by atoms with van der Waals surface area (Å²) in [4.78, 5) is 18.3. The highest BCUT2D eigenvalue weighted by Gasteiger charge is 2.34. The van der Waals surface area contributed by atoms with E-state index in [-0.39, 0.29) is 11.9 Å². The van der Waals surface area contributed by atoms with Crippen LogP contribution in [0.2, 0.25) is 0 Å². The van der Waals surface area contributed by atoms with Crippen LogP contribution in [0, 0.1) is 11.3 Å². The van der Waals surface area contributed by atoms with E-state index in [4.69, 9.17) is 4.74 Å². The molecule has 1 atom stereocenters. The number of nitrogens with one attached hydrogen (secondary N) is 1. The molecule has 2 fully saturated rings. The van der Waals surface area contributed by atoms with Crippen LogP contribution in [0.15, 0.2) is 18.5 Å². The number of hydrogen-bond donors (Lipinski definition) is 1. The molecule has 2 aliphatic rings. The van der Waals surface area contributed by atoms with Crippen LogP contribution in [0.4, 0.5) is 5.69 Å². The van der Waals surface area contributed by atoms with Crippen molar-refractivity contribution in [3.05, 3.63) is 24.0 Å². The van der Waals surface area contributed by atoms with Crippen LogP contribution in [0.5, 0.6) is 0 Å². The largest absolute Gasteiger partial charge is 0.377 e. The smallest absolute Gasteiger partial charge is 0.245 e. The second kappa shape index (κ2) is 5.47. The number of pyridine rings is 1. The van der Waals surface area contributed by atoms with Gasteiger partial charge in [-0.2, -0.15) is 5.26 Å². The van der Waals surface area contributed by atoms with E-state index in [1.807, 2.05) is 4.90 Å². The Kier molecular flexibility index (Phi) is 3.52. The number of nitrogens with zero attached hydrogens (tertiary/aromatic N) is 3. The van der Waals surface area contributed by atoms with Gasteiger partial charge in [0.25, 0.3) is 0 Å². The number of nitriles is 1. The fourth-order valence-electron chi connectivity index (χ4n) is 2.34. The normalized spacial score (nSPS) is 22.1. The van der Waals surface area contributed by atoms with Gasteiger partial charge in [0.15, 0.2) is 0 Å². The van der Waals surface area contributed by atoms with Gasteiger partial charge in [-0.3, -0.25) is 9.78 Å². The van der Waals surface area contributed by atoms with E-state index in [1.165, 1.54) is 0 Å². The summed E-state index contributed by atoms with van der Waals surface area (Å²) in [6.45, 7) is 1.48. The maximum Gasteiger partial charge on any atom is 0.245 e. The third kappa shape index (κ3) is 2.58. The first kappa shape index (κ1) is 12.9. The van der Waals surface area contributed by atoms with Crippen molar-refractivity contribution in [2.75, 3.05) is 24.7 Å². The standard InChI is InChI=1S/C14H16N4O2/c15-7-10-3-4-16-8-12(10)18-5-6-20-9-13(18)14(19)17-11-1-2-11/h3-4,8,11,13H,1-2,5-6,9H2,(H,17,19). The van der Waals surface area contributed by atoms with E-state index in [9.17, 15) is 10.1 Å². The summed E-state index contributed by atoms with van der Waals surface area (Å²) in [5.74, 6) is -0.0278. The number of carbonyl (C=O) groups excluding carboxylic acids is 1. The van der Waals surface area contributed by atoms with Gasteiger partial charge in [0.1, 0.15) is 12.1 Å². The lowest BCUT2D eigenvalue weighted by atomic mass is 10.1. The second-order valence-electron chi connectivity index (χ2n) is 5.07. The van der Waals surface area contributed by atoms with E-state index in [1.54, 1.807) is 18.5 Å². The predicted octanol–water partition coefficient (Wildman–Crippen LogP) is 0.437. The Bertz CT molecular complexity index is 550. The average molecular weight is 272 g/mol. The Morgan fingerprint density at radius 2 is 2.40 bits per heavy atom. The molecule has 1 amide bonds. The molecule has 1 N–H and O–H groups in total. The fourth-order valence-corrected chi connectivity index (χ4v) is 2.34. The molecule has 104 valence electrons. The molecule has 0 spiro atoms. The van der Waals surface area contributed by atoms with Crippen molar-refractivity contribution in [1.29, 1.82) is 5.26 Å². The summed E-state index contributed by atoms with van der Waals surface area (Å²) >= 11 is 0. The monoisotopic (exact) mass is 272 g/mol. The molecule has 0 bridgehead atoms. The van der Waals surface area contributed by atoms with Crippen LogP contribution in [-0.2, 0) is 9.53 Å². The highest BCUT2D eigenvalue weighted by Crippen LogP contribution is 2.24. The number of aromatic nitrogens is 1. The number of amides is 1. The summed E-state index contributed by atoms with van der Waals surface area (Å²) in [6.07, 6.45) is 5.33. The first-order chi connectivity index (χ1) is 9.79. The van der Waals surface area contributed by atoms with Crippen molar-refractivity contribution < 1.29 is 9.53 Å². The minimum absolute atomic E-state index is 0.0278. The lowest BCUT2D eigenvalue weighted by Crippen LogP contribution is -2.54. The summed E-state index contributed by atoms with van der Waals surface area (Å²) < 4.78 is 5.42. The molecular formula is C14H16N4O2. The fraction of sp³-hybridized carbons (Fsp3) is 0.500. The Morgan fingerprint density at radius 3 is 3.15 bits per heavy atom. The van der Waals surface area contributed by atoms with Gasteiger partial charge in [-0.05, 0) is 18.9 Å². The zero-order chi connectivity index (χ0) is 13.9. The molecule has 2 heterocycles. The minimum Gasteiger partial charge on any atom is -0.377 e. The van der Waals surface area contributed by atoms with Gasteiger partial charge >= 0.3 is 0 Å². The highest BCUT2D eigenvalue weighted by atomic mass is 16.5. The van der Waals surface area contributed by atoms with Gasteiger partial charge in [-0.25, -0.2) is 0 Å². The predicted molar refractivity (Wildman–Crippen MR) is 72.1 cm³/mol. The molecule has 1 aromatic rings. The molecule has 1 aliphatic heterocycles. The lowest BCUT2D eigenvalue weighted by molar-refractivity contribution is -0.124. The zero-order valence-electron chi connectivity index (χ0n) is 11.1. The number of rotatable bonds is 3. The first-order valence-electron chi connectivity index (χ1n) is 6.78. The maximum absolute atomic E-state index is 12.3. The van der Waals surface area contributed by atoms with Crippen molar-refractivity contribution in [3.63, 3.8) is 0 Å². The van der Waals surface area contributed by atoms with Gasteiger partial charge in [-0.15, -0.1) is 0 Å². The quantitative estimate of drug-likeness (QED) is 0.863. The Hall–Kier alpha value is -2.13. The molecular weight excluding hydrogens is 256 g/mol. The molecule has 6 heteroatoms. The molecule has 1 saturated heterocycles. The van der Waals surface area contributed by atoms with Crippen LogP contribution in [-0.4, -0.2) is 42.7 Å². The number of carbonyl (C=O) groups is 1. The van der Waals surface area contributed by atoms with Crippen LogP contribution >= 0.6 is 0 Å². The topological polar surface area (TPSA) is 78.2 Å².